The topological polar surface area (TPSA) is 90.4 Å². The molecule has 1 heterocycles. The number of esters is 1. The van der Waals surface area contributed by atoms with Crippen LogP contribution in [0.3, 0.4) is 0 Å². The van der Waals surface area contributed by atoms with Gasteiger partial charge in [0.1, 0.15) is 0 Å². The number of fused-ring (bicyclic) bond motifs is 1. The normalized spacial score (nSPS) is 21.1. The Morgan fingerprint density at radius 3 is 2.50 bits per heavy atom. The first-order valence-corrected chi connectivity index (χ1v) is 9.20. The molecule has 1 aliphatic carbocycles. The zero-order valence-corrected chi connectivity index (χ0v) is 15.8. The van der Waals surface area contributed by atoms with E-state index in [-0.39, 0.29) is 18.6 Å². The highest BCUT2D eigenvalue weighted by atomic mass is 19.4. The minimum Gasteiger partial charge on any atom is -0.459 e. The van der Waals surface area contributed by atoms with E-state index in [4.69, 9.17) is 5.73 Å². The number of ether oxygens (including phenoxy) is 1. The first-order valence-electron chi connectivity index (χ1n) is 9.20. The van der Waals surface area contributed by atoms with Gasteiger partial charge in [0.25, 0.3) is 0 Å². The van der Waals surface area contributed by atoms with Crippen molar-refractivity contribution in [3.8, 4) is 0 Å². The molecule has 3 rings (SSSR count). The fraction of sp³-hybridized carbons (Fsp3) is 0.579. The number of anilines is 1. The Bertz CT molecular complexity index is 863. The minimum absolute atomic E-state index is 0.0787. The van der Waals surface area contributed by atoms with Crippen LogP contribution in [0.2, 0.25) is 0 Å². The summed E-state index contributed by atoms with van der Waals surface area (Å²) in [6.07, 6.45) is -0.275. The number of nitrogens with two attached hydrogens (primary N) is 1. The number of hydrogen-bond donors (Lipinski definition) is 2. The maximum Gasteiger partial charge on any atom is 0.490 e. The van der Waals surface area contributed by atoms with Crippen LogP contribution in [0.1, 0.15) is 51.1 Å². The van der Waals surface area contributed by atoms with Gasteiger partial charge in [-0.3, -0.25) is 4.68 Å². The van der Waals surface area contributed by atoms with Crippen LogP contribution in [-0.2, 0) is 15.1 Å². The van der Waals surface area contributed by atoms with Crippen LogP contribution in [-0.4, -0.2) is 33.6 Å². The molecule has 0 spiro atoms. The van der Waals surface area contributed by atoms with E-state index in [1.165, 1.54) is 0 Å². The van der Waals surface area contributed by atoms with Gasteiger partial charge in [0.05, 0.1) is 23.8 Å². The molecule has 28 heavy (non-hydrogen) atoms. The highest BCUT2D eigenvalue weighted by Crippen LogP contribution is 2.35. The van der Waals surface area contributed by atoms with E-state index in [9.17, 15) is 23.1 Å². The SMILES string of the molecule is CC(C)(O)c1cc2nn([C@H]3CC[C@H](COC(=O)C(F)(F)F)CC3)cc2cc1N. The average molecular weight is 399 g/mol. The van der Waals surface area contributed by atoms with Gasteiger partial charge in [-0.1, -0.05) is 0 Å². The van der Waals surface area contributed by atoms with Gasteiger partial charge >= 0.3 is 12.1 Å². The molecule has 1 fully saturated rings. The average Bonchev–Trinajstić information content (AvgIpc) is 3.00. The fourth-order valence-corrected chi connectivity index (χ4v) is 3.68. The fourth-order valence-electron chi connectivity index (χ4n) is 3.68. The summed E-state index contributed by atoms with van der Waals surface area (Å²) in [5.41, 5.74) is 6.81. The second-order valence-corrected chi connectivity index (χ2v) is 7.94. The zero-order valence-electron chi connectivity index (χ0n) is 15.8. The van der Waals surface area contributed by atoms with Crippen molar-refractivity contribution in [2.24, 2.45) is 5.92 Å². The molecule has 154 valence electrons. The molecule has 0 saturated heterocycles. The van der Waals surface area contributed by atoms with Crippen molar-refractivity contribution >= 4 is 22.6 Å². The lowest BCUT2D eigenvalue weighted by Crippen LogP contribution is -2.29. The number of alkyl halides is 3. The van der Waals surface area contributed by atoms with E-state index < -0.39 is 17.7 Å². The van der Waals surface area contributed by atoms with Crippen molar-refractivity contribution in [3.63, 3.8) is 0 Å². The molecule has 1 aliphatic rings. The predicted octanol–water partition coefficient (Wildman–Crippen LogP) is 3.68. The summed E-state index contributed by atoms with van der Waals surface area (Å²) in [5.74, 6) is -2.21. The largest absolute Gasteiger partial charge is 0.490 e. The lowest BCUT2D eigenvalue weighted by atomic mass is 9.86. The van der Waals surface area contributed by atoms with Crippen molar-refractivity contribution in [1.29, 1.82) is 0 Å². The predicted molar refractivity (Wildman–Crippen MR) is 97.4 cm³/mol. The number of carbonyl (C=O) groups excluding carboxylic acids is 1. The second-order valence-electron chi connectivity index (χ2n) is 7.94. The summed E-state index contributed by atoms with van der Waals surface area (Å²) in [4.78, 5) is 10.8. The summed E-state index contributed by atoms with van der Waals surface area (Å²) >= 11 is 0. The maximum atomic E-state index is 12.2. The Balaban J connectivity index is 1.64. The Morgan fingerprint density at radius 1 is 1.29 bits per heavy atom. The third-order valence-electron chi connectivity index (χ3n) is 5.22. The molecule has 0 atom stereocenters. The Labute approximate surface area is 160 Å². The third-order valence-corrected chi connectivity index (χ3v) is 5.22. The summed E-state index contributed by atoms with van der Waals surface area (Å²) in [7, 11) is 0. The van der Waals surface area contributed by atoms with Crippen molar-refractivity contribution in [2.75, 3.05) is 12.3 Å². The Hall–Kier alpha value is -2.29. The van der Waals surface area contributed by atoms with E-state index in [2.05, 4.69) is 9.84 Å². The van der Waals surface area contributed by atoms with Crippen LogP contribution in [0.4, 0.5) is 18.9 Å². The van der Waals surface area contributed by atoms with Crippen LogP contribution in [0.15, 0.2) is 18.3 Å². The summed E-state index contributed by atoms with van der Waals surface area (Å²) in [6.45, 7) is 3.11. The molecule has 0 radical (unpaired) electrons. The number of carbonyl (C=O) groups is 1. The molecule has 0 amide bonds. The molecule has 1 saturated carbocycles. The lowest BCUT2D eigenvalue weighted by molar-refractivity contribution is -0.201. The van der Waals surface area contributed by atoms with Gasteiger partial charge in [0.2, 0.25) is 0 Å². The second kappa shape index (κ2) is 7.27. The lowest BCUT2D eigenvalue weighted by Gasteiger charge is -2.28. The van der Waals surface area contributed by atoms with Gasteiger partial charge in [-0.2, -0.15) is 18.3 Å². The molecule has 6 nitrogen and oxygen atoms in total. The highest BCUT2D eigenvalue weighted by molar-refractivity contribution is 5.83. The molecule has 0 aliphatic heterocycles. The zero-order chi connectivity index (χ0) is 20.7. The number of nitrogen functional groups attached to an aromatic ring is 1. The molecular formula is C19H24F3N3O3. The van der Waals surface area contributed by atoms with Crippen molar-refractivity contribution in [2.45, 2.75) is 57.3 Å². The number of halogens is 3. The van der Waals surface area contributed by atoms with Crippen LogP contribution in [0.5, 0.6) is 0 Å². The molecule has 1 aromatic heterocycles. The molecule has 3 N–H and O–H groups in total. The monoisotopic (exact) mass is 399 g/mol. The standard InChI is InChI=1S/C19H24F3N3O3/c1-18(2,27)14-8-16-12(7-15(14)23)9-25(24-16)13-5-3-11(4-6-13)10-28-17(26)19(20,21)22/h7-9,11,13,27H,3-6,10,23H2,1-2H3/t11-,13-. The van der Waals surface area contributed by atoms with Crippen molar-refractivity contribution in [3.05, 3.63) is 23.9 Å². The minimum atomic E-state index is -4.95. The van der Waals surface area contributed by atoms with Crippen molar-refractivity contribution < 1.29 is 27.8 Å². The van der Waals surface area contributed by atoms with E-state index in [1.54, 1.807) is 26.0 Å². The van der Waals surface area contributed by atoms with Crippen LogP contribution < -0.4 is 5.73 Å². The van der Waals surface area contributed by atoms with Gasteiger partial charge in [-0.05, 0) is 57.6 Å². The first kappa shape index (κ1) is 20.4. The number of hydrogen-bond acceptors (Lipinski definition) is 5. The molecule has 9 heteroatoms. The summed E-state index contributed by atoms with van der Waals surface area (Å²) in [6, 6.07) is 3.69. The molecular weight excluding hydrogens is 375 g/mol. The van der Waals surface area contributed by atoms with E-state index in [1.807, 2.05) is 10.9 Å². The van der Waals surface area contributed by atoms with Gasteiger partial charge in [-0.25, -0.2) is 4.79 Å². The number of nitrogens with zero attached hydrogens (tertiary/aromatic N) is 2. The molecule has 2 aromatic rings. The molecule has 1 aromatic carbocycles. The van der Waals surface area contributed by atoms with E-state index in [0.717, 1.165) is 23.7 Å². The Morgan fingerprint density at radius 2 is 1.93 bits per heavy atom. The third kappa shape index (κ3) is 4.40. The van der Waals surface area contributed by atoms with Crippen LogP contribution in [0.25, 0.3) is 10.9 Å². The van der Waals surface area contributed by atoms with Crippen molar-refractivity contribution in [1.82, 2.24) is 9.78 Å². The first-order chi connectivity index (χ1) is 12.9. The van der Waals surface area contributed by atoms with Gasteiger partial charge in [0, 0.05) is 22.8 Å². The van der Waals surface area contributed by atoms with Gasteiger partial charge < -0.3 is 15.6 Å². The van der Waals surface area contributed by atoms with Crippen LogP contribution in [0, 0.1) is 5.92 Å². The van der Waals surface area contributed by atoms with E-state index >= 15 is 0 Å². The number of aromatic nitrogens is 2. The molecule has 0 unspecified atom stereocenters. The van der Waals surface area contributed by atoms with Gasteiger partial charge in [0.15, 0.2) is 0 Å². The van der Waals surface area contributed by atoms with Crippen LogP contribution >= 0.6 is 0 Å². The van der Waals surface area contributed by atoms with Gasteiger partial charge in [-0.15, -0.1) is 0 Å². The number of rotatable bonds is 4. The quantitative estimate of drug-likeness (QED) is 0.605. The highest BCUT2D eigenvalue weighted by Gasteiger charge is 2.41. The van der Waals surface area contributed by atoms with E-state index in [0.29, 0.717) is 24.1 Å². The summed E-state index contributed by atoms with van der Waals surface area (Å²) < 4.78 is 42.9. The summed E-state index contributed by atoms with van der Waals surface area (Å²) in [5, 5.41) is 15.7. The maximum absolute atomic E-state index is 12.2. The Kier molecular flexibility index (Phi) is 5.31. The molecule has 0 bridgehead atoms. The number of benzene rings is 1. The smallest absolute Gasteiger partial charge is 0.459 e. The number of aliphatic hydroxyl groups is 1.